The molecule has 0 aromatic heterocycles. The lowest BCUT2D eigenvalue weighted by molar-refractivity contribution is -0.397. The lowest BCUT2D eigenvalue weighted by atomic mass is 9.79. The van der Waals surface area contributed by atoms with E-state index in [1.54, 1.807) is 20.8 Å². The van der Waals surface area contributed by atoms with Crippen molar-refractivity contribution in [2.45, 2.75) is 58.9 Å². The van der Waals surface area contributed by atoms with Crippen LogP contribution in [-0.2, 0) is 11.8 Å². The van der Waals surface area contributed by atoms with Gasteiger partial charge in [-0.2, -0.15) is 0 Å². The molecular weight excluding hydrogens is 482 g/mol. The molecule has 0 saturated heterocycles. The summed E-state index contributed by atoms with van der Waals surface area (Å²) in [6, 6.07) is 1.47. The van der Waals surface area contributed by atoms with Crippen LogP contribution < -0.4 is 14.2 Å². The molecule has 0 radical (unpaired) electrons. The minimum Gasteiger partial charge on any atom is -0.492 e. The number of carbonyl (C=O) groups excluding carboxylic acids is 1. The smallest absolute Gasteiger partial charge is 0.283 e. The van der Waals surface area contributed by atoms with Crippen LogP contribution in [0.2, 0.25) is 0 Å². The largest absolute Gasteiger partial charge is 0.492 e. The van der Waals surface area contributed by atoms with E-state index in [9.17, 15) is 25.0 Å². The van der Waals surface area contributed by atoms with Crippen LogP contribution >= 0.6 is 0 Å². The summed E-state index contributed by atoms with van der Waals surface area (Å²) in [5.41, 5.74) is 0.414. The molecule has 11 heteroatoms. The van der Waals surface area contributed by atoms with Gasteiger partial charge in [0.1, 0.15) is 5.56 Å². The number of nitro benzene ring substituents is 2. The number of fused-ring (bicyclic) bond motifs is 2. The monoisotopic (exact) mass is 513 g/mol. The Morgan fingerprint density at radius 3 is 2.24 bits per heavy atom. The summed E-state index contributed by atoms with van der Waals surface area (Å²) < 4.78 is 16.9. The number of hydrogen-bond donors (Lipinski definition) is 0. The molecule has 11 nitrogen and oxygen atoms in total. The maximum Gasteiger partial charge on any atom is 0.283 e. The van der Waals surface area contributed by atoms with Crippen molar-refractivity contribution in [3.05, 3.63) is 59.7 Å². The first-order valence-corrected chi connectivity index (χ1v) is 12.0. The van der Waals surface area contributed by atoms with Crippen molar-refractivity contribution in [1.29, 1.82) is 0 Å². The summed E-state index contributed by atoms with van der Waals surface area (Å²) in [7, 11) is 3.41. The predicted octanol–water partition coefficient (Wildman–Crippen LogP) is 4.96. The summed E-state index contributed by atoms with van der Waals surface area (Å²) in [4.78, 5) is 39.0. The molecule has 198 valence electrons. The van der Waals surface area contributed by atoms with Crippen LogP contribution in [0.25, 0.3) is 0 Å². The van der Waals surface area contributed by atoms with Crippen molar-refractivity contribution in [2.75, 3.05) is 27.5 Å². The molecule has 2 aromatic carbocycles. The van der Waals surface area contributed by atoms with Gasteiger partial charge in [-0.15, -0.1) is 0 Å². The third kappa shape index (κ3) is 4.26. The van der Waals surface area contributed by atoms with Gasteiger partial charge in [-0.05, 0) is 38.9 Å². The molecule has 0 spiro atoms. The Balaban J connectivity index is 1.88. The lowest BCUT2D eigenvalue weighted by Crippen LogP contribution is -2.34. The van der Waals surface area contributed by atoms with Crippen LogP contribution in [0, 0.1) is 34.1 Å². The van der Waals surface area contributed by atoms with E-state index in [4.69, 9.17) is 14.2 Å². The minimum absolute atomic E-state index is 0.0172. The third-order valence-electron chi connectivity index (χ3n) is 7.25. The average molecular weight is 514 g/mol. The van der Waals surface area contributed by atoms with Crippen LogP contribution in [0.4, 0.5) is 11.4 Å². The number of rotatable bonds is 6. The Bertz CT molecular complexity index is 1290. The van der Waals surface area contributed by atoms with Crippen LogP contribution in [0.1, 0.15) is 71.4 Å². The maximum absolute atomic E-state index is 13.9. The number of nitrogens with zero attached hydrogens (tertiary/aromatic N) is 3. The molecule has 37 heavy (non-hydrogen) atoms. The highest BCUT2D eigenvalue weighted by Crippen LogP contribution is 2.51. The van der Waals surface area contributed by atoms with Gasteiger partial charge >= 0.3 is 0 Å². The quantitative estimate of drug-likeness (QED) is 0.298. The highest BCUT2D eigenvalue weighted by atomic mass is 16.7. The van der Waals surface area contributed by atoms with Crippen molar-refractivity contribution in [2.24, 2.45) is 0 Å². The first kappa shape index (κ1) is 26.3. The van der Waals surface area contributed by atoms with Gasteiger partial charge in [0.05, 0.1) is 17.0 Å². The van der Waals surface area contributed by atoms with Crippen LogP contribution in [0.3, 0.4) is 0 Å². The molecule has 0 N–H and O–H groups in total. The molecule has 2 aromatic rings. The first-order valence-electron chi connectivity index (χ1n) is 12.0. The van der Waals surface area contributed by atoms with E-state index >= 15 is 0 Å². The lowest BCUT2D eigenvalue weighted by Gasteiger charge is -2.35. The molecule has 2 aliphatic rings. The number of likely N-dealkylation sites (N-methyl/N-ethyl adjacent to an activating group) is 1. The molecular formula is C26H31N3O8. The molecule has 0 saturated carbocycles. The summed E-state index contributed by atoms with van der Waals surface area (Å²) >= 11 is 0. The Morgan fingerprint density at radius 1 is 1.14 bits per heavy atom. The number of ether oxygens (including phenoxy) is 3. The third-order valence-corrected chi connectivity index (χ3v) is 7.25. The van der Waals surface area contributed by atoms with Gasteiger partial charge in [0, 0.05) is 46.7 Å². The van der Waals surface area contributed by atoms with E-state index in [1.807, 2.05) is 18.0 Å². The standard InChI is InChI=1S/C26H31N3O8/c1-13-19(14(2)23(29(33)34)21(26(3,4)5)22(13)28(31)32)17(30)11-16-20-15(8-9-27(16)6)10-18-24(25(20)35-7)37-12-36-18/h10,16H,8-9,11-12H2,1-7H3/t16-/m1/s1. The molecule has 2 heterocycles. The summed E-state index contributed by atoms with van der Waals surface area (Å²) in [5.74, 6) is 1.14. The number of Topliss-reactive ketones (excluding diaryl/α,β-unsaturated/α-hetero) is 1. The minimum atomic E-state index is -0.889. The highest BCUT2D eigenvalue weighted by molar-refractivity contribution is 6.02. The SMILES string of the molecule is COc1c2c(cc3c1[C@@H](CC(=O)c1c(C)c([N+](=O)[O-])c(C(C)(C)C)c([N+](=O)[O-])c1C)N(C)CC3)OCO2. The van der Waals surface area contributed by atoms with Gasteiger partial charge in [0.2, 0.25) is 12.5 Å². The number of hydrogen-bond acceptors (Lipinski definition) is 9. The number of methoxy groups -OCH3 is 1. The summed E-state index contributed by atoms with van der Waals surface area (Å²) in [6.45, 7) is 8.78. The zero-order chi connectivity index (χ0) is 27.4. The Hall–Kier alpha value is -3.73. The van der Waals surface area contributed by atoms with E-state index in [0.29, 0.717) is 30.2 Å². The molecule has 4 rings (SSSR count). The van der Waals surface area contributed by atoms with E-state index in [0.717, 1.165) is 11.1 Å². The summed E-state index contributed by atoms with van der Waals surface area (Å²) in [6.07, 6.45) is 0.656. The fourth-order valence-corrected chi connectivity index (χ4v) is 5.65. The van der Waals surface area contributed by atoms with Gasteiger partial charge in [-0.25, -0.2) is 0 Å². The normalized spacial score (nSPS) is 16.9. The zero-order valence-electron chi connectivity index (χ0n) is 22.1. The van der Waals surface area contributed by atoms with Crippen molar-refractivity contribution in [3.8, 4) is 17.2 Å². The van der Waals surface area contributed by atoms with Gasteiger partial charge in [0.25, 0.3) is 11.4 Å². The topological polar surface area (TPSA) is 134 Å². The second-order valence-corrected chi connectivity index (χ2v) is 10.6. The number of carbonyl (C=O) groups is 1. The van der Waals surface area contributed by atoms with Crippen molar-refractivity contribution in [3.63, 3.8) is 0 Å². The van der Waals surface area contributed by atoms with Crippen LogP contribution in [0.5, 0.6) is 17.2 Å². The van der Waals surface area contributed by atoms with E-state index in [-0.39, 0.29) is 46.8 Å². The average Bonchev–Trinajstić information content (AvgIpc) is 3.26. The van der Waals surface area contributed by atoms with E-state index in [1.165, 1.54) is 21.0 Å². The molecule has 0 bridgehead atoms. The number of nitro groups is 2. The molecule has 0 aliphatic carbocycles. The molecule has 0 amide bonds. The predicted molar refractivity (Wildman–Crippen MR) is 135 cm³/mol. The molecule has 2 aliphatic heterocycles. The second kappa shape index (κ2) is 9.29. The van der Waals surface area contributed by atoms with Crippen molar-refractivity contribution < 1.29 is 28.9 Å². The Labute approximate surface area is 214 Å². The molecule has 0 unspecified atom stereocenters. The van der Waals surface area contributed by atoms with Crippen molar-refractivity contribution in [1.82, 2.24) is 4.90 Å². The van der Waals surface area contributed by atoms with E-state index in [2.05, 4.69) is 0 Å². The number of ketones is 1. The second-order valence-electron chi connectivity index (χ2n) is 10.6. The van der Waals surface area contributed by atoms with Gasteiger partial charge < -0.3 is 14.2 Å². The summed E-state index contributed by atoms with van der Waals surface area (Å²) in [5, 5.41) is 24.3. The van der Waals surface area contributed by atoms with Gasteiger partial charge in [-0.3, -0.25) is 29.9 Å². The highest BCUT2D eigenvalue weighted by Gasteiger charge is 2.42. The zero-order valence-corrected chi connectivity index (χ0v) is 22.1. The maximum atomic E-state index is 13.9. The van der Waals surface area contributed by atoms with Crippen molar-refractivity contribution >= 4 is 17.2 Å². The molecule has 1 atom stereocenters. The van der Waals surface area contributed by atoms with Crippen LogP contribution in [0.15, 0.2) is 6.07 Å². The Kier molecular flexibility index (Phi) is 6.61. The van der Waals surface area contributed by atoms with Crippen LogP contribution in [-0.4, -0.2) is 48.0 Å². The van der Waals surface area contributed by atoms with Gasteiger partial charge in [-0.1, -0.05) is 20.8 Å². The van der Waals surface area contributed by atoms with Gasteiger partial charge in [0.15, 0.2) is 17.3 Å². The Morgan fingerprint density at radius 2 is 1.73 bits per heavy atom. The fourth-order valence-electron chi connectivity index (χ4n) is 5.65. The molecule has 0 fully saturated rings. The van der Waals surface area contributed by atoms with E-state index < -0.39 is 27.1 Å². The fraction of sp³-hybridized carbons (Fsp3) is 0.500. The first-order chi connectivity index (χ1) is 17.3. The number of benzene rings is 2.